The maximum Gasteiger partial charge on any atom is 0.162 e. The zero-order valence-electron chi connectivity index (χ0n) is 15.6. The second kappa shape index (κ2) is 6.49. The summed E-state index contributed by atoms with van der Waals surface area (Å²) >= 11 is 1.90. The van der Waals surface area contributed by atoms with E-state index in [0.29, 0.717) is 6.04 Å². The highest BCUT2D eigenvalue weighted by Gasteiger charge is 2.46. The van der Waals surface area contributed by atoms with Gasteiger partial charge in [0.15, 0.2) is 5.82 Å². The number of nitrogens with one attached hydrogen (secondary N) is 1. The first kappa shape index (κ1) is 17.0. The van der Waals surface area contributed by atoms with Gasteiger partial charge in [-0.2, -0.15) is 11.8 Å². The van der Waals surface area contributed by atoms with E-state index in [0.717, 1.165) is 53.7 Å². The number of H-pyrrole nitrogens is 1. The van der Waals surface area contributed by atoms with E-state index in [4.69, 9.17) is 14.7 Å². The zero-order chi connectivity index (χ0) is 18.4. The van der Waals surface area contributed by atoms with Gasteiger partial charge in [-0.1, -0.05) is 0 Å². The minimum Gasteiger partial charge on any atom is -0.377 e. The summed E-state index contributed by atoms with van der Waals surface area (Å²) in [5.41, 5.74) is 3.05. The fourth-order valence-electron chi connectivity index (χ4n) is 3.84. The molecule has 0 spiro atoms. The Kier molecular flexibility index (Phi) is 4.09. The van der Waals surface area contributed by atoms with Gasteiger partial charge in [0.05, 0.1) is 29.7 Å². The van der Waals surface area contributed by atoms with Crippen molar-refractivity contribution >= 4 is 28.6 Å². The van der Waals surface area contributed by atoms with E-state index < -0.39 is 0 Å². The van der Waals surface area contributed by atoms with Gasteiger partial charge in [-0.15, -0.1) is 0 Å². The lowest BCUT2D eigenvalue weighted by Gasteiger charge is -2.34. The van der Waals surface area contributed by atoms with Gasteiger partial charge < -0.3 is 14.6 Å². The van der Waals surface area contributed by atoms with E-state index in [1.54, 1.807) is 0 Å². The number of ether oxygens (including phenoxy) is 1. The van der Waals surface area contributed by atoms with Crippen molar-refractivity contribution in [3.8, 4) is 11.4 Å². The summed E-state index contributed by atoms with van der Waals surface area (Å²) in [5.74, 6) is 1.79. The summed E-state index contributed by atoms with van der Waals surface area (Å²) in [5, 5.41) is 1.06. The van der Waals surface area contributed by atoms with Crippen LogP contribution in [0.2, 0.25) is 0 Å². The topological polar surface area (TPSA) is 66.9 Å². The lowest BCUT2D eigenvalue weighted by atomic mass is 10.1. The van der Waals surface area contributed by atoms with Crippen LogP contribution in [0, 0.1) is 0 Å². The molecule has 1 saturated carbocycles. The standard InChI is InChI=1S/C20H23N5OS/c1-13-12-26-10-9-25(13)17-11-16(20(27-2)5-6-20)23-19(24-17)15-4-8-22-18-14(15)3-7-21-18/h3-4,7-8,11,13H,5-6,9-10,12H2,1-2H3,(H,21,22)/t13-/m1/s1. The summed E-state index contributed by atoms with van der Waals surface area (Å²) in [6.45, 7) is 4.53. The van der Waals surface area contributed by atoms with Crippen molar-refractivity contribution in [2.24, 2.45) is 0 Å². The van der Waals surface area contributed by atoms with Crippen LogP contribution in [-0.2, 0) is 9.48 Å². The Hall–Kier alpha value is -2.12. The molecule has 0 bridgehead atoms. The minimum atomic E-state index is 0.145. The molecular weight excluding hydrogens is 358 g/mol. The number of morpholine rings is 1. The zero-order valence-corrected chi connectivity index (χ0v) is 16.4. The summed E-state index contributed by atoms with van der Waals surface area (Å²) < 4.78 is 5.77. The Balaban J connectivity index is 1.67. The molecule has 2 aliphatic rings. The Morgan fingerprint density at radius 3 is 2.96 bits per heavy atom. The van der Waals surface area contributed by atoms with Crippen LogP contribution in [0.5, 0.6) is 0 Å². The molecule has 4 heterocycles. The molecule has 0 unspecified atom stereocenters. The molecule has 0 radical (unpaired) electrons. The number of anilines is 1. The van der Waals surface area contributed by atoms with Crippen molar-refractivity contribution in [3.05, 3.63) is 36.3 Å². The van der Waals surface area contributed by atoms with Crippen molar-refractivity contribution in [2.75, 3.05) is 30.9 Å². The molecule has 1 atom stereocenters. The molecule has 5 rings (SSSR count). The van der Waals surface area contributed by atoms with Crippen molar-refractivity contribution in [1.82, 2.24) is 19.9 Å². The molecular formula is C20H23N5OS. The fraction of sp³-hybridized carbons (Fsp3) is 0.450. The average molecular weight is 382 g/mol. The third-order valence-corrected chi connectivity index (χ3v) is 7.04. The van der Waals surface area contributed by atoms with Crippen LogP contribution in [0.1, 0.15) is 25.5 Å². The fourth-order valence-corrected chi connectivity index (χ4v) is 4.66. The molecule has 1 saturated heterocycles. The highest BCUT2D eigenvalue weighted by atomic mass is 32.2. The molecule has 1 aliphatic carbocycles. The summed E-state index contributed by atoms with van der Waals surface area (Å²) in [4.78, 5) is 20.0. The van der Waals surface area contributed by atoms with Gasteiger partial charge in [0.25, 0.3) is 0 Å². The normalized spacial score (nSPS) is 21.6. The minimum absolute atomic E-state index is 0.145. The Labute approximate surface area is 162 Å². The van der Waals surface area contributed by atoms with Gasteiger partial charge in [-0.05, 0) is 38.2 Å². The summed E-state index contributed by atoms with van der Waals surface area (Å²) in [6.07, 6.45) is 8.28. The number of aromatic nitrogens is 4. The molecule has 3 aromatic heterocycles. The SMILES string of the molecule is CSC1(c2cc(N3CCOC[C@H]3C)nc(-c3ccnc4[nH]ccc34)n2)CC1. The van der Waals surface area contributed by atoms with Crippen LogP contribution >= 0.6 is 11.8 Å². The molecule has 27 heavy (non-hydrogen) atoms. The van der Waals surface area contributed by atoms with Crippen LogP contribution in [0.15, 0.2) is 30.6 Å². The number of rotatable bonds is 4. The number of pyridine rings is 1. The second-order valence-electron chi connectivity index (χ2n) is 7.35. The van der Waals surface area contributed by atoms with Crippen LogP contribution in [0.4, 0.5) is 5.82 Å². The van der Waals surface area contributed by atoms with Crippen LogP contribution in [0.25, 0.3) is 22.4 Å². The van der Waals surface area contributed by atoms with Gasteiger partial charge in [0, 0.05) is 36.0 Å². The molecule has 2 fully saturated rings. The quantitative estimate of drug-likeness (QED) is 0.745. The Morgan fingerprint density at radius 2 is 2.19 bits per heavy atom. The van der Waals surface area contributed by atoms with Crippen LogP contribution in [0.3, 0.4) is 0 Å². The van der Waals surface area contributed by atoms with Crippen LogP contribution in [-0.4, -0.2) is 52.0 Å². The lowest BCUT2D eigenvalue weighted by Crippen LogP contribution is -2.44. The molecule has 7 heteroatoms. The van der Waals surface area contributed by atoms with Crippen molar-refractivity contribution < 1.29 is 4.74 Å². The predicted molar refractivity (Wildman–Crippen MR) is 109 cm³/mol. The number of fused-ring (bicyclic) bond motifs is 1. The first-order valence-corrected chi connectivity index (χ1v) is 10.6. The number of hydrogen-bond donors (Lipinski definition) is 1. The largest absolute Gasteiger partial charge is 0.377 e. The Morgan fingerprint density at radius 1 is 1.30 bits per heavy atom. The molecule has 140 valence electrons. The van der Waals surface area contributed by atoms with E-state index in [9.17, 15) is 0 Å². The van der Waals surface area contributed by atoms with Gasteiger partial charge in [0.2, 0.25) is 0 Å². The maximum absolute atomic E-state index is 5.63. The number of aromatic amines is 1. The second-order valence-corrected chi connectivity index (χ2v) is 8.54. The van der Waals surface area contributed by atoms with Crippen LogP contribution < -0.4 is 4.90 Å². The molecule has 6 nitrogen and oxygen atoms in total. The first-order valence-electron chi connectivity index (χ1n) is 9.42. The Bertz CT molecular complexity index is 983. The number of thioether (sulfide) groups is 1. The lowest BCUT2D eigenvalue weighted by molar-refractivity contribution is 0.0985. The van der Waals surface area contributed by atoms with Crippen molar-refractivity contribution in [3.63, 3.8) is 0 Å². The third-order valence-electron chi connectivity index (χ3n) is 5.64. The van der Waals surface area contributed by atoms with E-state index in [1.165, 1.54) is 12.8 Å². The highest BCUT2D eigenvalue weighted by molar-refractivity contribution is 7.99. The van der Waals surface area contributed by atoms with Gasteiger partial charge in [-0.3, -0.25) is 0 Å². The molecule has 1 N–H and O–H groups in total. The van der Waals surface area contributed by atoms with Crippen molar-refractivity contribution in [1.29, 1.82) is 0 Å². The summed E-state index contributed by atoms with van der Waals surface area (Å²) in [6, 6.07) is 6.57. The molecule has 3 aromatic rings. The molecule has 0 amide bonds. The highest BCUT2D eigenvalue weighted by Crippen LogP contribution is 2.56. The predicted octanol–water partition coefficient (Wildman–Crippen LogP) is 3.60. The van der Waals surface area contributed by atoms with E-state index >= 15 is 0 Å². The number of nitrogens with zero attached hydrogens (tertiary/aromatic N) is 4. The van der Waals surface area contributed by atoms with Gasteiger partial charge >= 0.3 is 0 Å². The first-order chi connectivity index (χ1) is 13.2. The van der Waals surface area contributed by atoms with E-state index in [-0.39, 0.29) is 4.75 Å². The maximum atomic E-state index is 5.63. The van der Waals surface area contributed by atoms with Gasteiger partial charge in [0.1, 0.15) is 11.5 Å². The summed E-state index contributed by atoms with van der Waals surface area (Å²) in [7, 11) is 0. The van der Waals surface area contributed by atoms with E-state index in [1.807, 2.05) is 36.3 Å². The average Bonchev–Trinajstić information content (AvgIpc) is 3.36. The number of hydrogen-bond acceptors (Lipinski definition) is 6. The smallest absolute Gasteiger partial charge is 0.162 e. The van der Waals surface area contributed by atoms with Gasteiger partial charge in [-0.25, -0.2) is 15.0 Å². The molecule has 0 aromatic carbocycles. The van der Waals surface area contributed by atoms with Crippen molar-refractivity contribution in [2.45, 2.75) is 30.6 Å². The van der Waals surface area contributed by atoms with E-state index in [2.05, 4.69) is 34.1 Å². The molecule has 1 aliphatic heterocycles. The monoisotopic (exact) mass is 381 g/mol. The third kappa shape index (κ3) is 2.89.